The highest BCUT2D eigenvalue weighted by Crippen LogP contribution is 2.11. The second-order valence-corrected chi connectivity index (χ2v) is 4.90. The molecule has 1 rings (SSSR count). The molecule has 0 aromatic heterocycles. The zero-order valence-electron chi connectivity index (χ0n) is 12.9. The monoisotopic (exact) mass is 311 g/mol. The summed E-state index contributed by atoms with van der Waals surface area (Å²) in [6.07, 6.45) is 0.736. The molecule has 0 spiro atoms. The van der Waals surface area contributed by atoms with E-state index in [4.69, 9.17) is 4.74 Å². The summed E-state index contributed by atoms with van der Waals surface area (Å²) in [4.78, 5) is 25.0. The topological polar surface area (TPSA) is 70.7 Å². The van der Waals surface area contributed by atoms with Gasteiger partial charge in [-0.1, -0.05) is 12.1 Å². The van der Waals surface area contributed by atoms with Gasteiger partial charge in [0, 0.05) is 20.3 Å². The van der Waals surface area contributed by atoms with E-state index in [1.165, 1.54) is 12.1 Å². The molecule has 0 saturated heterocycles. The number of anilines is 1. The molecule has 1 aromatic carbocycles. The van der Waals surface area contributed by atoms with Crippen molar-refractivity contribution in [2.24, 2.45) is 0 Å². The van der Waals surface area contributed by atoms with E-state index in [-0.39, 0.29) is 30.6 Å². The van der Waals surface area contributed by atoms with E-state index < -0.39 is 5.82 Å². The third kappa shape index (κ3) is 7.14. The van der Waals surface area contributed by atoms with Crippen LogP contribution in [0, 0.1) is 5.82 Å². The lowest BCUT2D eigenvalue weighted by molar-refractivity contribution is -0.123. The second-order valence-electron chi connectivity index (χ2n) is 4.90. The van der Waals surface area contributed by atoms with Crippen molar-refractivity contribution in [2.45, 2.75) is 6.42 Å². The van der Waals surface area contributed by atoms with Crippen LogP contribution in [0.5, 0.6) is 0 Å². The molecule has 6 nitrogen and oxygen atoms in total. The summed E-state index contributed by atoms with van der Waals surface area (Å²) in [6, 6.07) is 5.93. The summed E-state index contributed by atoms with van der Waals surface area (Å²) >= 11 is 0. The predicted molar refractivity (Wildman–Crippen MR) is 82.0 cm³/mol. The highest BCUT2D eigenvalue weighted by molar-refractivity contribution is 5.92. The van der Waals surface area contributed by atoms with Crippen LogP contribution in [0.3, 0.4) is 0 Å². The standard InChI is InChI=1S/C15H22FN3O3/c1-19(10-14(20)17-8-5-9-22-2)11-15(21)18-13-7-4-3-6-12(13)16/h3-4,6-7H,5,8-11H2,1-2H3,(H,17,20)(H,18,21). The maximum Gasteiger partial charge on any atom is 0.238 e. The van der Waals surface area contributed by atoms with Crippen molar-refractivity contribution in [1.82, 2.24) is 10.2 Å². The number of rotatable bonds is 9. The molecule has 0 unspecified atom stereocenters. The van der Waals surface area contributed by atoms with Gasteiger partial charge in [0.15, 0.2) is 0 Å². The third-order valence-electron chi connectivity index (χ3n) is 2.82. The molecule has 0 heterocycles. The first-order chi connectivity index (χ1) is 10.5. The number of para-hydroxylation sites is 1. The van der Waals surface area contributed by atoms with E-state index in [1.807, 2.05) is 0 Å². The van der Waals surface area contributed by atoms with E-state index >= 15 is 0 Å². The van der Waals surface area contributed by atoms with Gasteiger partial charge in [0.05, 0.1) is 18.8 Å². The molecule has 2 amide bonds. The van der Waals surface area contributed by atoms with Gasteiger partial charge >= 0.3 is 0 Å². The summed E-state index contributed by atoms with van der Waals surface area (Å²) in [5, 5.41) is 5.20. The van der Waals surface area contributed by atoms with Gasteiger partial charge < -0.3 is 15.4 Å². The minimum Gasteiger partial charge on any atom is -0.385 e. The Hall–Kier alpha value is -1.99. The SMILES string of the molecule is COCCCNC(=O)CN(C)CC(=O)Nc1ccccc1F. The molecule has 122 valence electrons. The van der Waals surface area contributed by atoms with Crippen molar-refractivity contribution in [3.8, 4) is 0 Å². The van der Waals surface area contributed by atoms with Crippen molar-refractivity contribution < 1.29 is 18.7 Å². The van der Waals surface area contributed by atoms with Gasteiger partial charge in [-0.25, -0.2) is 4.39 Å². The zero-order chi connectivity index (χ0) is 16.4. The van der Waals surface area contributed by atoms with E-state index in [2.05, 4.69) is 10.6 Å². The largest absolute Gasteiger partial charge is 0.385 e. The maximum atomic E-state index is 13.4. The molecular formula is C15H22FN3O3. The fraction of sp³-hybridized carbons (Fsp3) is 0.467. The van der Waals surface area contributed by atoms with Crippen molar-refractivity contribution >= 4 is 17.5 Å². The summed E-state index contributed by atoms with van der Waals surface area (Å²) in [5.41, 5.74) is 0.130. The molecule has 0 atom stereocenters. The van der Waals surface area contributed by atoms with Crippen LogP contribution in [-0.4, -0.2) is 57.1 Å². The number of nitrogens with one attached hydrogen (secondary N) is 2. The first kappa shape index (κ1) is 18.1. The number of benzene rings is 1. The van der Waals surface area contributed by atoms with E-state index in [0.29, 0.717) is 13.2 Å². The smallest absolute Gasteiger partial charge is 0.238 e. The third-order valence-corrected chi connectivity index (χ3v) is 2.82. The van der Waals surface area contributed by atoms with Crippen molar-refractivity contribution in [3.05, 3.63) is 30.1 Å². The molecule has 0 saturated carbocycles. The van der Waals surface area contributed by atoms with Crippen LogP contribution in [0.25, 0.3) is 0 Å². The molecule has 0 aliphatic carbocycles. The van der Waals surface area contributed by atoms with Crippen LogP contribution in [-0.2, 0) is 14.3 Å². The maximum absolute atomic E-state index is 13.4. The van der Waals surface area contributed by atoms with Gasteiger partial charge in [0.2, 0.25) is 11.8 Å². The highest BCUT2D eigenvalue weighted by Gasteiger charge is 2.11. The number of likely N-dealkylation sites (N-methyl/N-ethyl adjacent to an activating group) is 1. The molecule has 0 bridgehead atoms. The minimum absolute atomic E-state index is 0.000173. The molecule has 7 heteroatoms. The molecular weight excluding hydrogens is 289 g/mol. The van der Waals surface area contributed by atoms with E-state index in [9.17, 15) is 14.0 Å². The Morgan fingerprint density at radius 3 is 2.59 bits per heavy atom. The van der Waals surface area contributed by atoms with Gasteiger partial charge in [-0.15, -0.1) is 0 Å². The number of nitrogens with zero attached hydrogens (tertiary/aromatic N) is 1. The number of halogens is 1. The average Bonchev–Trinajstić information content (AvgIpc) is 2.46. The van der Waals surface area contributed by atoms with E-state index in [0.717, 1.165) is 6.42 Å². The average molecular weight is 311 g/mol. The fourth-order valence-electron chi connectivity index (χ4n) is 1.80. The summed E-state index contributed by atoms with van der Waals surface area (Å²) < 4.78 is 18.3. The van der Waals surface area contributed by atoms with Gasteiger partial charge in [-0.3, -0.25) is 14.5 Å². The number of carbonyl (C=O) groups is 2. The van der Waals surface area contributed by atoms with Crippen LogP contribution in [0.15, 0.2) is 24.3 Å². The number of hydrogen-bond acceptors (Lipinski definition) is 4. The first-order valence-electron chi connectivity index (χ1n) is 7.01. The quantitative estimate of drug-likeness (QED) is 0.663. The van der Waals surface area contributed by atoms with Gasteiger partial charge in [-0.05, 0) is 25.6 Å². The van der Waals surface area contributed by atoms with Crippen LogP contribution in [0.1, 0.15) is 6.42 Å². The fourth-order valence-corrected chi connectivity index (χ4v) is 1.80. The van der Waals surface area contributed by atoms with Crippen molar-refractivity contribution in [2.75, 3.05) is 45.7 Å². The normalized spacial score (nSPS) is 10.5. The Morgan fingerprint density at radius 1 is 1.23 bits per heavy atom. The molecule has 0 aliphatic heterocycles. The molecule has 0 aliphatic rings. The van der Waals surface area contributed by atoms with E-state index in [1.54, 1.807) is 31.2 Å². The number of carbonyl (C=O) groups excluding carboxylic acids is 2. The number of amides is 2. The number of ether oxygens (including phenoxy) is 1. The summed E-state index contributed by atoms with van der Waals surface area (Å²) in [7, 11) is 3.25. The summed E-state index contributed by atoms with van der Waals surface area (Å²) in [5.74, 6) is -1.04. The predicted octanol–water partition coefficient (Wildman–Crippen LogP) is 0.849. The lowest BCUT2D eigenvalue weighted by atomic mass is 10.3. The Balaban J connectivity index is 2.29. The van der Waals surface area contributed by atoms with Crippen LogP contribution >= 0.6 is 0 Å². The lowest BCUT2D eigenvalue weighted by Crippen LogP contribution is -2.39. The zero-order valence-corrected chi connectivity index (χ0v) is 12.9. The Labute approximate surface area is 129 Å². The second kappa shape index (κ2) is 9.86. The Bertz CT molecular complexity index is 497. The van der Waals surface area contributed by atoms with Crippen molar-refractivity contribution in [3.63, 3.8) is 0 Å². The van der Waals surface area contributed by atoms with Crippen LogP contribution in [0.4, 0.5) is 10.1 Å². The van der Waals surface area contributed by atoms with Gasteiger partial charge in [0.1, 0.15) is 5.82 Å². The van der Waals surface area contributed by atoms with Crippen LogP contribution < -0.4 is 10.6 Å². The molecule has 0 radical (unpaired) electrons. The van der Waals surface area contributed by atoms with Crippen LogP contribution in [0.2, 0.25) is 0 Å². The molecule has 0 fully saturated rings. The molecule has 1 aromatic rings. The molecule has 2 N–H and O–H groups in total. The number of methoxy groups -OCH3 is 1. The van der Waals surface area contributed by atoms with Gasteiger partial charge in [0.25, 0.3) is 0 Å². The lowest BCUT2D eigenvalue weighted by Gasteiger charge is -2.16. The minimum atomic E-state index is -0.491. The number of hydrogen-bond donors (Lipinski definition) is 2. The Morgan fingerprint density at radius 2 is 1.91 bits per heavy atom. The highest BCUT2D eigenvalue weighted by atomic mass is 19.1. The van der Waals surface area contributed by atoms with Gasteiger partial charge in [-0.2, -0.15) is 0 Å². The summed E-state index contributed by atoms with van der Waals surface area (Å²) in [6.45, 7) is 1.21. The Kier molecular flexibility index (Phi) is 8.09. The van der Waals surface area contributed by atoms with Crippen molar-refractivity contribution in [1.29, 1.82) is 0 Å². The first-order valence-corrected chi connectivity index (χ1v) is 7.01. The molecule has 22 heavy (non-hydrogen) atoms.